The number of rotatable bonds is 4. The fourth-order valence-electron chi connectivity index (χ4n) is 2.52. The lowest BCUT2D eigenvalue weighted by Gasteiger charge is -2.14. The van der Waals surface area contributed by atoms with Crippen LogP contribution in [0.4, 0.5) is 13.2 Å². The van der Waals surface area contributed by atoms with Crippen molar-refractivity contribution in [3.63, 3.8) is 0 Å². The van der Waals surface area contributed by atoms with Gasteiger partial charge < -0.3 is 10.3 Å². The summed E-state index contributed by atoms with van der Waals surface area (Å²) in [7, 11) is 0. The Morgan fingerprint density at radius 3 is 2.48 bits per heavy atom. The van der Waals surface area contributed by atoms with Crippen molar-refractivity contribution in [1.82, 2.24) is 9.55 Å². The lowest BCUT2D eigenvalue weighted by molar-refractivity contribution is 0.509. The summed E-state index contributed by atoms with van der Waals surface area (Å²) in [6.07, 6.45) is 0.695. The van der Waals surface area contributed by atoms with Gasteiger partial charge in [-0.2, -0.15) is 0 Å². The van der Waals surface area contributed by atoms with Gasteiger partial charge in [-0.25, -0.2) is 18.2 Å². The van der Waals surface area contributed by atoms with E-state index in [0.717, 1.165) is 12.1 Å². The Morgan fingerprint density at radius 1 is 1.09 bits per heavy atom. The van der Waals surface area contributed by atoms with Crippen molar-refractivity contribution in [1.29, 1.82) is 0 Å². The van der Waals surface area contributed by atoms with E-state index in [1.807, 2.05) is 6.92 Å². The highest BCUT2D eigenvalue weighted by molar-refractivity contribution is 5.81. The third kappa shape index (κ3) is 2.82. The SMILES string of the molecule is CCC(N)Cn1c(-c2ccccc2F)nc2cc(F)c(F)cc21. The Kier molecular flexibility index (Phi) is 4.09. The number of hydrogen-bond acceptors (Lipinski definition) is 2. The Labute approximate surface area is 131 Å². The van der Waals surface area contributed by atoms with Crippen molar-refractivity contribution >= 4 is 11.0 Å². The van der Waals surface area contributed by atoms with Crippen LogP contribution in [0.3, 0.4) is 0 Å². The molecule has 3 rings (SSSR count). The molecule has 0 aliphatic heterocycles. The minimum atomic E-state index is -0.984. The molecule has 2 aromatic carbocycles. The van der Waals surface area contributed by atoms with Crippen LogP contribution < -0.4 is 5.73 Å². The Hall–Kier alpha value is -2.34. The monoisotopic (exact) mass is 319 g/mol. The summed E-state index contributed by atoms with van der Waals surface area (Å²) in [5.74, 6) is -2.09. The first-order valence-corrected chi connectivity index (χ1v) is 7.37. The van der Waals surface area contributed by atoms with Crippen LogP contribution in [-0.2, 0) is 6.54 Å². The molecular formula is C17H16F3N3. The molecule has 0 saturated carbocycles. The number of aromatic nitrogens is 2. The Balaban J connectivity index is 2.27. The standard InChI is InChI=1S/C17H16F3N3/c1-2-10(21)9-23-16-8-14(20)13(19)7-15(16)22-17(23)11-5-3-4-6-12(11)18/h3-8,10H,2,9,21H2,1H3. The van der Waals surface area contributed by atoms with Crippen LogP contribution in [0.2, 0.25) is 0 Å². The molecule has 3 nitrogen and oxygen atoms in total. The van der Waals surface area contributed by atoms with Gasteiger partial charge in [-0.3, -0.25) is 0 Å². The maximum atomic E-state index is 14.1. The third-order valence-electron chi connectivity index (χ3n) is 3.85. The summed E-state index contributed by atoms with van der Waals surface area (Å²) in [6, 6.07) is 8.04. The predicted molar refractivity (Wildman–Crippen MR) is 83.3 cm³/mol. The first-order chi connectivity index (χ1) is 11.0. The van der Waals surface area contributed by atoms with Crippen molar-refractivity contribution in [3.8, 4) is 11.4 Å². The molecule has 6 heteroatoms. The van der Waals surface area contributed by atoms with E-state index in [9.17, 15) is 13.2 Å². The quantitative estimate of drug-likeness (QED) is 0.793. The zero-order valence-electron chi connectivity index (χ0n) is 12.6. The van der Waals surface area contributed by atoms with E-state index in [1.165, 1.54) is 6.07 Å². The number of fused-ring (bicyclic) bond motifs is 1. The molecule has 1 atom stereocenters. The molecule has 2 N–H and O–H groups in total. The van der Waals surface area contributed by atoms with Gasteiger partial charge in [-0.1, -0.05) is 19.1 Å². The second kappa shape index (κ2) is 6.04. The van der Waals surface area contributed by atoms with Crippen molar-refractivity contribution in [2.24, 2.45) is 5.73 Å². The largest absolute Gasteiger partial charge is 0.326 e. The molecule has 0 fully saturated rings. The molecule has 0 aliphatic carbocycles. The van der Waals surface area contributed by atoms with Crippen LogP contribution in [0.25, 0.3) is 22.4 Å². The smallest absolute Gasteiger partial charge is 0.161 e. The van der Waals surface area contributed by atoms with Gasteiger partial charge in [0.2, 0.25) is 0 Å². The number of nitrogens with two attached hydrogens (primary N) is 1. The predicted octanol–water partition coefficient (Wildman–Crippen LogP) is 3.86. The number of imidazole rings is 1. The average molecular weight is 319 g/mol. The molecular weight excluding hydrogens is 303 g/mol. The highest BCUT2D eigenvalue weighted by atomic mass is 19.2. The van der Waals surface area contributed by atoms with Crippen LogP contribution in [0.5, 0.6) is 0 Å². The van der Waals surface area contributed by atoms with E-state index >= 15 is 0 Å². The lowest BCUT2D eigenvalue weighted by Crippen LogP contribution is -2.25. The molecule has 1 unspecified atom stereocenters. The molecule has 0 radical (unpaired) electrons. The molecule has 120 valence electrons. The summed E-state index contributed by atoms with van der Waals surface area (Å²) in [5, 5.41) is 0. The maximum Gasteiger partial charge on any atom is 0.161 e. The fourth-order valence-corrected chi connectivity index (χ4v) is 2.52. The minimum absolute atomic E-state index is 0.203. The van der Waals surface area contributed by atoms with Crippen molar-refractivity contribution in [2.75, 3.05) is 0 Å². The zero-order valence-corrected chi connectivity index (χ0v) is 12.6. The molecule has 1 heterocycles. The van der Waals surface area contributed by atoms with Gasteiger partial charge in [-0.05, 0) is 18.6 Å². The number of benzene rings is 2. The molecule has 23 heavy (non-hydrogen) atoms. The number of halogens is 3. The molecule has 0 spiro atoms. The summed E-state index contributed by atoms with van der Waals surface area (Å²) in [6.45, 7) is 2.26. The van der Waals surface area contributed by atoms with Gasteiger partial charge in [0.05, 0.1) is 16.6 Å². The van der Waals surface area contributed by atoms with Gasteiger partial charge in [0, 0.05) is 24.7 Å². The molecule has 0 aliphatic rings. The van der Waals surface area contributed by atoms with Gasteiger partial charge in [-0.15, -0.1) is 0 Å². The molecule has 0 bridgehead atoms. The number of nitrogens with zero attached hydrogens (tertiary/aromatic N) is 2. The topological polar surface area (TPSA) is 43.8 Å². The second-order valence-electron chi connectivity index (χ2n) is 5.45. The minimum Gasteiger partial charge on any atom is -0.326 e. The molecule has 0 saturated heterocycles. The zero-order chi connectivity index (χ0) is 16.6. The summed E-state index contributed by atoms with van der Waals surface area (Å²) in [5.41, 5.74) is 6.93. The van der Waals surface area contributed by atoms with E-state index in [4.69, 9.17) is 5.73 Å². The summed E-state index contributed by atoms with van der Waals surface area (Å²) in [4.78, 5) is 4.29. The van der Waals surface area contributed by atoms with Crippen LogP contribution in [-0.4, -0.2) is 15.6 Å². The summed E-state index contributed by atoms with van der Waals surface area (Å²) >= 11 is 0. The van der Waals surface area contributed by atoms with Crippen molar-refractivity contribution in [3.05, 3.63) is 53.8 Å². The van der Waals surface area contributed by atoms with Crippen molar-refractivity contribution in [2.45, 2.75) is 25.9 Å². The van der Waals surface area contributed by atoms with E-state index in [0.29, 0.717) is 24.3 Å². The van der Waals surface area contributed by atoms with Gasteiger partial charge in [0.15, 0.2) is 11.6 Å². The van der Waals surface area contributed by atoms with E-state index in [1.54, 1.807) is 22.8 Å². The second-order valence-corrected chi connectivity index (χ2v) is 5.45. The Morgan fingerprint density at radius 2 is 1.78 bits per heavy atom. The van der Waals surface area contributed by atoms with Crippen LogP contribution in [0, 0.1) is 17.5 Å². The van der Waals surface area contributed by atoms with Gasteiger partial charge >= 0.3 is 0 Å². The van der Waals surface area contributed by atoms with E-state index in [-0.39, 0.29) is 17.1 Å². The Bertz CT molecular complexity index is 858. The maximum absolute atomic E-state index is 14.1. The van der Waals surface area contributed by atoms with Crippen LogP contribution in [0.15, 0.2) is 36.4 Å². The molecule has 0 amide bonds. The first kappa shape index (κ1) is 15.6. The number of hydrogen-bond donors (Lipinski definition) is 1. The van der Waals surface area contributed by atoms with Crippen LogP contribution >= 0.6 is 0 Å². The van der Waals surface area contributed by atoms with Crippen LogP contribution in [0.1, 0.15) is 13.3 Å². The van der Waals surface area contributed by atoms with E-state index < -0.39 is 17.5 Å². The molecule has 3 aromatic rings. The fraction of sp³-hybridized carbons (Fsp3) is 0.235. The highest BCUT2D eigenvalue weighted by Gasteiger charge is 2.19. The lowest BCUT2D eigenvalue weighted by atomic mass is 10.2. The van der Waals surface area contributed by atoms with Crippen molar-refractivity contribution < 1.29 is 13.2 Å². The summed E-state index contributed by atoms with van der Waals surface area (Å²) < 4.78 is 42.9. The first-order valence-electron chi connectivity index (χ1n) is 7.37. The van der Waals surface area contributed by atoms with E-state index in [2.05, 4.69) is 4.98 Å². The van der Waals surface area contributed by atoms with Gasteiger partial charge in [0.1, 0.15) is 11.6 Å². The normalized spacial score (nSPS) is 12.7. The average Bonchev–Trinajstić information content (AvgIpc) is 2.86. The third-order valence-corrected chi connectivity index (χ3v) is 3.85. The van der Waals surface area contributed by atoms with Gasteiger partial charge in [0.25, 0.3) is 0 Å². The highest BCUT2D eigenvalue weighted by Crippen LogP contribution is 2.28. The molecule has 1 aromatic heterocycles.